The lowest BCUT2D eigenvalue weighted by molar-refractivity contribution is -0.132. The van der Waals surface area contributed by atoms with Crippen LogP contribution in [0, 0.1) is 0 Å². The Morgan fingerprint density at radius 3 is 3.00 bits per heavy atom. The van der Waals surface area contributed by atoms with Crippen molar-refractivity contribution in [3.05, 3.63) is 47.1 Å². The number of nitrogens with zero attached hydrogens (tertiary/aromatic N) is 3. The SMILES string of the molecule is CCCc1noc(CN2C(=O)N[C@@]3(CCCc4ccccc43)C2=O)n1. The van der Waals surface area contributed by atoms with Gasteiger partial charge in [0.15, 0.2) is 5.82 Å². The third-order valence-corrected chi connectivity index (χ3v) is 4.93. The summed E-state index contributed by atoms with van der Waals surface area (Å²) in [5.41, 5.74) is 1.06. The van der Waals surface area contributed by atoms with E-state index in [1.807, 2.05) is 31.2 Å². The molecule has 1 aliphatic carbocycles. The van der Waals surface area contributed by atoms with Crippen molar-refractivity contribution in [3.63, 3.8) is 0 Å². The van der Waals surface area contributed by atoms with Crippen molar-refractivity contribution in [1.82, 2.24) is 20.4 Å². The third kappa shape index (κ3) is 2.50. The van der Waals surface area contributed by atoms with Gasteiger partial charge >= 0.3 is 6.03 Å². The second-order valence-electron chi connectivity index (χ2n) is 6.59. The minimum atomic E-state index is -0.960. The van der Waals surface area contributed by atoms with Gasteiger partial charge in [0.05, 0.1) is 0 Å². The Morgan fingerprint density at radius 2 is 2.16 bits per heavy atom. The van der Waals surface area contributed by atoms with E-state index in [0.717, 1.165) is 30.4 Å². The van der Waals surface area contributed by atoms with Gasteiger partial charge in [-0.15, -0.1) is 0 Å². The maximum Gasteiger partial charge on any atom is 0.325 e. The van der Waals surface area contributed by atoms with Crippen LogP contribution in [0.4, 0.5) is 4.79 Å². The van der Waals surface area contributed by atoms with Gasteiger partial charge < -0.3 is 9.84 Å². The largest absolute Gasteiger partial charge is 0.337 e. The molecule has 4 rings (SSSR count). The number of fused-ring (bicyclic) bond motifs is 2. The highest BCUT2D eigenvalue weighted by Gasteiger charge is 2.54. The minimum Gasteiger partial charge on any atom is -0.337 e. The number of benzene rings is 1. The molecule has 7 nitrogen and oxygen atoms in total. The predicted octanol–water partition coefficient (Wildman–Crippen LogP) is 2.31. The van der Waals surface area contributed by atoms with Gasteiger partial charge in [-0.1, -0.05) is 36.3 Å². The number of urea groups is 1. The fourth-order valence-corrected chi connectivity index (χ4v) is 3.77. The molecule has 0 bridgehead atoms. The third-order valence-electron chi connectivity index (χ3n) is 4.93. The first-order chi connectivity index (χ1) is 12.1. The Hall–Kier alpha value is -2.70. The van der Waals surface area contributed by atoms with Crippen molar-refractivity contribution in [2.45, 2.75) is 51.1 Å². The number of amides is 3. The molecule has 130 valence electrons. The first-order valence-corrected chi connectivity index (χ1v) is 8.68. The summed E-state index contributed by atoms with van der Waals surface area (Å²) in [6.45, 7) is 2.03. The maximum absolute atomic E-state index is 13.1. The van der Waals surface area contributed by atoms with Crippen molar-refractivity contribution in [2.24, 2.45) is 0 Å². The maximum atomic E-state index is 13.1. The van der Waals surface area contributed by atoms with Crippen LogP contribution in [-0.4, -0.2) is 27.0 Å². The molecule has 1 aliphatic heterocycles. The fourth-order valence-electron chi connectivity index (χ4n) is 3.77. The fraction of sp³-hybridized carbons (Fsp3) is 0.444. The van der Waals surface area contributed by atoms with Gasteiger partial charge in [-0.2, -0.15) is 4.98 Å². The zero-order valence-electron chi connectivity index (χ0n) is 14.1. The number of hydrogen-bond acceptors (Lipinski definition) is 5. The normalized spacial score (nSPS) is 22.4. The van der Waals surface area contributed by atoms with Gasteiger partial charge in [-0.3, -0.25) is 9.69 Å². The lowest BCUT2D eigenvalue weighted by Gasteiger charge is -2.33. The average molecular weight is 340 g/mol. The number of nitrogens with one attached hydrogen (secondary N) is 1. The number of carbonyl (C=O) groups is 2. The van der Waals surface area contributed by atoms with Gasteiger partial charge in [-0.25, -0.2) is 4.79 Å². The lowest BCUT2D eigenvalue weighted by atomic mass is 9.76. The molecule has 2 heterocycles. The van der Waals surface area contributed by atoms with E-state index in [1.165, 1.54) is 4.90 Å². The molecule has 0 saturated carbocycles. The molecule has 1 saturated heterocycles. The second-order valence-corrected chi connectivity index (χ2v) is 6.59. The summed E-state index contributed by atoms with van der Waals surface area (Å²) in [4.78, 5) is 31.1. The van der Waals surface area contributed by atoms with Gasteiger partial charge in [0.1, 0.15) is 12.1 Å². The summed E-state index contributed by atoms with van der Waals surface area (Å²) in [5, 5.41) is 6.81. The lowest BCUT2D eigenvalue weighted by Crippen LogP contribution is -2.46. The van der Waals surface area contributed by atoms with Crippen molar-refractivity contribution in [2.75, 3.05) is 0 Å². The highest BCUT2D eigenvalue weighted by atomic mass is 16.5. The molecule has 3 amide bonds. The molecule has 0 unspecified atom stereocenters. The van der Waals surface area contributed by atoms with Crippen LogP contribution in [0.15, 0.2) is 28.8 Å². The predicted molar refractivity (Wildman–Crippen MR) is 88.4 cm³/mol. The van der Waals surface area contributed by atoms with Gasteiger partial charge in [-0.05, 0) is 36.8 Å². The van der Waals surface area contributed by atoms with Crippen LogP contribution < -0.4 is 5.32 Å². The Labute approximate surface area is 145 Å². The first kappa shape index (κ1) is 15.8. The zero-order chi connectivity index (χ0) is 17.4. The van der Waals surface area contributed by atoms with Crippen LogP contribution in [0.3, 0.4) is 0 Å². The molecule has 1 spiro atoms. The van der Waals surface area contributed by atoms with Crippen LogP contribution in [0.2, 0.25) is 0 Å². The molecule has 0 radical (unpaired) electrons. The second kappa shape index (κ2) is 5.98. The van der Waals surface area contributed by atoms with Crippen molar-refractivity contribution in [3.8, 4) is 0 Å². The number of rotatable bonds is 4. The summed E-state index contributed by atoms with van der Waals surface area (Å²) in [5.74, 6) is 0.648. The standard InChI is InChI=1S/C18H20N4O3/c1-2-6-14-19-15(25-21-14)11-22-16(23)18(20-17(22)24)10-5-8-12-7-3-4-9-13(12)18/h3-4,7,9H,2,5-6,8,10-11H2,1H3,(H,20,24)/t18-/m1/s1. The topological polar surface area (TPSA) is 88.3 Å². The van der Waals surface area contributed by atoms with Crippen molar-refractivity contribution >= 4 is 11.9 Å². The van der Waals surface area contributed by atoms with E-state index in [-0.39, 0.29) is 18.3 Å². The van der Waals surface area contributed by atoms with E-state index in [1.54, 1.807) is 0 Å². The van der Waals surface area contributed by atoms with Crippen LogP contribution in [0.25, 0.3) is 0 Å². The zero-order valence-corrected chi connectivity index (χ0v) is 14.1. The molecule has 1 aromatic carbocycles. The molecular formula is C18H20N4O3. The number of hydrogen-bond donors (Lipinski definition) is 1. The Kier molecular flexibility index (Phi) is 3.78. The quantitative estimate of drug-likeness (QED) is 0.863. The van der Waals surface area contributed by atoms with E-state index >= 15 is 0 Å². The highest BCUT2D eigenvalue weighted by Crippen LogP contribution is 2.40. The summed E-state index contributed by atoms with van der Waals surface area (Å²) >= 11 is 0. The van der Waals surface area contributed by atoms with Crippen molar-refractivity contribution < 1.29 is 14.1 Å². The van der Waals surface area contributed by atoms with E-state index in [9.17, 15) is 9.59 Å². The number of imide groups is 1. The molecule has 1 N–H and O–H groups in total. The van der Waals surface area contributed by atoms with Crippen LogP contribution in [-0.2, 0) is 29.7 Å². The molecule has 25 heavy (non-hydrogen) atoms. The van der Waals surface area contributed by atoms with Crippen LogP contribution in [0.5, 0.6) is 0 Å². The first-order valence-electron chi connectivity index (χ1n) is 8.68. The highest BCUT2D eigenvalue weighted by molar-refractivity contribution is 6.07. The average Bonchev–Trinajstić information content (AvgIpc) is 3.15. The molecular weight excluding hydrogens is 320 g/mol. The summed E-state index contributed by atoms with van der Waals surface area (Å²) in [7, 11) is 0. The van der Waals surface area contributed by atoms with E-state index < -0.39 is 11.6 Å². The Morgan fingerprint density at radius 1 is 1.32 bits per heavy atom. The monoisotopic (exact) mass is 340 g/mol. The number of aryl methyl sites for hydroxylation is 2. The summed E-state index contributed by atoms with van der Waals surface area (Å²) in [6.07, 6.45) is 4.00. The van der Waals surface area contributed by atoms with E-state index in [2.05, 4.69) is 15.5 Å². The van der Waals surface area contributed by atoms with Crippen molar-refractivity contribution in [1.29, 1.82) is 0 Å². The molecule has 7 heteroatoms. The molecule has 2 aliphatic rings. The minimum absolute atomic E-state index is 0.00526. The van der Waals surface area contributed by atoms with E-state index in [0.29, 0.717) is 18.7 Å². The Bertz CT molecular complexity index is 831. The van der Waals surface area contributed by atoms with Gasteiger partial charge in [0.2, 0.25) is 5.89 Å². The molecule has 2 aromatic rings. The Balaban J connectivity index is 1.62. The van der Waals surface area contributed by atoms with E-state index in [4.69, 9.17) is 4.52 Å². The van der Waals surface area contributed by atoms with Crippen LogP contribution in [0.1, 0.15) is 49.0 Å². The van der Waals surface area contributed by atoms with Gasteiger partial charge in [0, 0.05) is 6.42 Å². The van der Waals surface area contributed by atoms with Gasteiger partial charge in [0.25, 0.3) is 5.91 Å². The molecule has 1 fully saturated rings. The number of carbonyl (C=O) groups excluding carboxylic acids is 2. The molecule has 1 atom stereocenters. The summed E-state index contributed by atoms with van der Waals surface area (Å²) < 4.78 is 5.19. The van der Waals surface area contributed by atoms with Crippen LogP contribution >= 0.6 is 0 Å². The molecule has 1 aromatic heterocycles. The summed E-state index contributed by atoms with van der Waals surface area (Å²) in [6, 6.07) is 7.42. The smallest absolute Gasteiger partial charge is 0.325 e. The number of aromatic nitrogens is 2.